The smallest absolute Gasteiger partial charge is 0.194 e. The normalized spacial score (nSPS) is 21.3. The molecule has 152 valence electrons. The van der Waals surface area contributed by atoms with Crippen molar-refractivity contribution in [3.63, 3.8) is 0 Å². The number of nitrogens with one attached hydrogen (secondary N) is 2. The molecule has 1 aromatic carbocycles. The number of piperidine rings is 1. The number of H-pyrrole nitrogens is 1. The van der Waals surface area contributed by atoms with E-state index in [1.165, 1.54) is 12.8 Å². The summed E-state index contributed by atoms with van der Waals surface area (Å²) >= 11 is 1.66. The zero-order chi connectivity index (χ0) is 20.1. The minimum atomic E-state index is 0.169. The lowest BCUT2D eigenvalue weighted by atomic mass is 9.94. The molecule has 8 nitrogen and oxygen atoms in total. The Morgan fingerprint density at radius 2 is 2.10 bits per heavy atom. The molecule has 3 N–H and O–H groups in total. The number of benzene rings is 1. The van der Waals surface area contributed by atoms with Gasteiger partial charge in [0, 0.05) is 36.5 Å². The number of anilines is 1. The van der Waals surface area contributed by atoms with E-state index >= 15 is 0 Å². The number of aromatic nitrogens is 5. The molecule has 0 aliphatic carbocycles. The number of aromatic hydroxyl groups is 1. The maximum absolute atomic E-state index is 10.6. The van der Waals surface area contributed by atoms with Crippen molar-refractivity contribution >= 4 is 26.8 Å². The number of hydrogen-bond acceptors (Lipinski definition) is 8. The molecule has 0 amide bonds. The van der Waals surface area contributed by atoms with Crippen LogP contribution in [0.15, 0.2) is 36.7 Å². The minimum Gasteiger partial charge on any atom is -0.507 e. The highest BCUT2D eigenvalue weighted by Crippen LogP contribution is 2.38. The van der Waals surface area contributed by atoms with E-state index in [-0.39, 0.29) is 5.75 Å². The standard InChI is InChI=1S/C21H21N7OS/c29-18-7-13(14-9-23-24-10-14)1-2-15(18)16-8-19-20(27-26-16)25-21(30-19)28-6-4-12-3-5-22-11-17(12)28/h1-2,7-10,12,17,22,29H,3-6,11H2,(H,23,24)/t12-,17-/m1/s1. The lowest BCUT2D eigenvalue weighted by Gasteiger charge is -2.31. The van der Waals surface area contributed by atoms with Crippen LogP contribution in [0, 0.1) is 5.92 Å². The van der Waals surface area contributed by atoms with Crippen LogP contribution in [-0.4, -0.2) is 56.2 Å². The number of hydrogen-bond donors (Lipinski definition) is 3. The third-order valence-electron chi connectivity index (χ3n) is 6.23. The number of fused-ring (bicyclic) bond motifs is 2. The lowest BCUT2D eigenvalue weighted by Crippen LogP contribution is -2.45. The number of nitrogens with zero attached hydrogens (tertiary/aromatic N) is 5. The summed E-state index contributed by atoms with van der Waals surface area (Å²) in [7, 11) is 0. The first-order valence-corrected chi connectivity index (χ1v) is 11.0. The summed E-state index contributed by atoms with van der Waals surface area (Å²) in [6.45, 7) is 3.19. The lowest BCUT2D eigenvalue weighted by molar-refractivity contribution is 0.359. The van der Waals surface area contributed by atoms with E-state index in [9.17, 15) is 5.11 Å². The number of rotatable bonds is 3. The van der Waals surface area contributed by atoms with E-state index in [2.05, 4.69) is 30.6 Å². The first-order chi connectivity index (χ1) is 14.8. The van der Waals surface area contributed by atoms with Crippen LogP contribution in [0.5, 0.6) is 5.75 Å². The van der Waals surface area contributed by atoms with Crippen molar-refractivity contribution in [1.82, 2.24) is 30.7 Å². The van der Waals surface area contributed by atoms with Gasteiger partial charge in [0.05, 0.1) is 16.6 Å². The van der Waals surface area contributed by atoms with E-state index in [0.717, 1.165) is 46.5 Å². The van der Waals surface area contributed by atoms with Gasteiger partial charge in [-0.25, -0.2) is 0 Å². The van der Waals surface area contributed by atoms with Gasteiger partial charge in [-0.1, -0.05) is 17.4 Å². The van der Waals surface area contributed by atoms with E-state index in [4.69, 9.17) is 4.98 Å². The van der Waals surface area contributed by atoms with Crippen molar-refractivity contribution in [3.8, 4) is 28.1 Å². The van der Waals surface area contributed by atoms with Crippen LogP contribution in [0.3, 0.4) is 0 Å². The van der Waals surface area contributed by atoms with Crippen LogP contribution < -0.4 is 10.2 Å². The second-order valence-corrected chi connectivity index (χ2v) is 8.94. The highest BCUT2D eigenvalue weighted by Gasteiger charge is 2.37. The molecule has 2 aliphatic rings. The van der Waals surface area contributed by atoms with E-state index < -0.39 is 0 Å². The topological polar surface area (TPSA) is 103 Å². The Balaban J connectivity index is 1.33. The van der Waals surface area contributed by atoms with Crippen molar-refractivity contribution in [3.05, 3.63) is 36.7 Å². The van der Waals surface area contributed by atoms with Crippen LogP contribution in [0.1, 0.15) is 12.8 Å². The SMILES string of the molecule is Oc1cc(-c2cn[nH]c2)ccc1-c1cc2sc(N3CC[C@H]4CCNC[C@H]43)nc2nn1. The molecular weight excluding hydrogens is 398 g/mol. The molecule has 2 saturated heterocycles. The van der Waals surface area contributed by atoms with Crippen LogP contribution in [0.2, 0.25) is 0 Å². The molecular formula is C21H21N7OS. The molecule has 3 aromatic heterocycles. The predicted octanol–water partition coefficient (Wildman–Crippen LogP) is 3.04. The van der Waals surface area contributed by atoms with E-state index in [1.807, 2.05) is 18.2 Å². The fourth-order valence-electron chi connectivity index (χ4n) is 4.63. The van der Waals surface area contributed by atoms with E-state index in [1.54, 1.807) is 29.8 Å². The molecule has 2 aliphatic heterocycles. The molecule has 0 unspecified atom stereocenters. The van der Waals surface area contributed by atoms with Gasteiger partial charge >= 0.3 is 0 Å². The Bertz CT molecular complexity index is 1210. The van der Waals surface area contributed by atoms with Gasteiger partial charge in [0.2, 0.25) is 0 Å². The highest BCUT2D eigenvalue weighted by atomic mass is 32.1. The van der Waals surface area contributed by atoms with Crippen molar-refractivity contribution in [2.45, 2.75) is 18.9 Å². The summed E-state index contributed by atoms with van der Waals surface area (Å²) in [5, 5.41) is 30.6. The number of phenolic OH excluding ortho intramolecular Hbond substituents is 1. The molecule has 5 heterocycles. The van der Waals surface area contributed by atoms with Gasteiger partial charge in [-0.05, 0) is 49.1 Å². The fraction of sp³-hybridized carbons (Fsp3) is 0.333. The summed E-state index contributed by atoms with van der Waals surface area (Å²) in [5.41, 5.74) is 3.78. The zero-order valence-electron chi connectivity index (χ0n) is 16.2. The fourth-order valence-corrected chi connectivity index (χ4v) is 5.65. The minimum absolute atomic E-state index is 0.169. The van der Waals surface area contributed by atoms with Crippen LogP contribution in [0.4, 0.5) is 5.13 Å². The van der Waals surface area contributed by atoms with Crippen LogP contribution in [-0.2, 0) is 0 Å². The molecule has 6 rings (SSSR count). The first-order valence-electron chi connectivity index (χ1n) is 10.2. The highest BCUT2D eigenvalue weighted by molar-refractivity contribution is 7.22. The predicted molar refractivity (Wildman–Crippen MR) is 117 cm³/mol. The Morgan fingerprint density at radius 3 is 2.97 bits per heavy atom. The second-order valence-electron chi connectivity index (χ2n) is 7.94. The van der Waals surface area contributed by atoms with Crippen LogP contribution >= 0.6 is 11.3 Å². The molecule has 30 heavy (non-hydrogen) atoms. The summed E-state index contributed by atoms with van der Waals surface area (Å²) < 4.78 is 0.987. The molecule has 4 aromatic rings. The Morgan fingerprint density at radius 1 is 1.13 bits per heavy atom. The maximum Gasteiger partial charge on any atom is 0.194 e. The summed E-state index contributed by atoms with van der Waals surface area (Å²) in [5.74, 6) is 0.924. The van der Waals surface area contributed by atoms with Crippen molar-refractivity contribution in [2.75, 3.05) is 24.5 Å². The van der Waals surface area contributed by atoms with Crippen molar-refractivity contribution in [1.29, 1.82) is 0 Å². The average molecular weight is 420 g/mol. The number of thiazole rings is 1. The monoisotopic (exact) mass is 419 g/mol. The van der Waals surface area contributed by atoms with Crippen molar-refractivity contribution < 1.29 is 5.11 Å². The van der Waals surface area contributed by atoms with Gasteiger partial charge in [0.1, 0.15) is 5.75 Å². The molecule has 0 radical (unpaired) electrons. The molecule has 2 atom stereocenters. The van der Waals surface area contributed by atoms with Gasteiger partial charge in [0.25, 0.3) is 0 Å². The van der Waals surface area contributed by atoms with Gasteiger partial charge in [-0.2, -0.15) is 10.1 Å². The Hall–Kier alpha value is -3.04. The first kappa shape index (κ1) is 17.8. The molecule has 0 spiro atoms. The Labute approximate surface area is 177 Å². The largest absolute Gasteiger partial charge is 0.507 e. The molecule has 0 saturated carbocycles. The van der Waals surface area contributed by atoms with Gasteiger partial charge in [-0.3, -0.25) is 5.10 Å². The molecule has 2 fully saturated rings. The third-order valence-corrected chi connectivity index (χ3v) is 7.25. The third kappa shape index (κ3) is 2.93. The maximum atomic E-state index is 10.6. The summed E-state index contributed by atoms with van der Waals surface area (Å²) in [6, 6.07) is 8.04. The number of phenols is 1. The quantitative estimate of drug-likeness (QED) is 0.469. The van der Waals surface area contributed by atoms with Gasteiger partial charge in [0.15, 0.2) is 10.8 Å². The number of aromatic amines is 1. The van der Waals surface area contributed by atoms with Gasteiger partial charge < -0.3 is 15.3 Å². The second kappa shape index (κ2) is 7.03. The zero-order valence-corrected chi connectivity index (χ0v) is 17.1. The molecule has 9 heteroatoms. The van der Waals surface area contributed by atoms with Gasteiger partial charge in [-0.15, -0.1) is 10.2 Å². The molecule has 0 bridgehead atoms. The summed E-state index contributed by atoms with van der Waals surface area (Å²) in [4.78, 5) is 7.19. The van der Waals surface area contributed by atoms with Crippen molar-refractivity contribution in [2.24, 2.45) is 5.92 Å². The average Bonchev–Trinajstić information content (AvgIpc) is 3.51. The summed E-state index contributed by atoms with van der Waals surface area (Å²) in [6.07, 6.45) is 5.99. The van der Waals surface area contributed by atoms with Crippen LogP contribution in [0.25, 0.3) is 32.7 Å². The Kier molecular flexibility index (Phi) is 4.17. The van der Waals surface area contributed by atoms with E-state index in [0.29, 0.717) is 22.9 Å².